The fourth-order valence-electron chi connectivity index (χ4n) is 4.71. The smallest absolute Gasteiger partial charge is 0.277 e. The Kier molecular flexibility index (Phi) is 7.50. The van der Waals surface area contributed by atoms with Crippen LogP contribution in [0.2, 0.25) is 0 Å². The Bertz CT molecular complexity index is 1410. The summed E-state index contributed by atoms with van der Waals surface area (Å²) in [5.74, 6) is 1.72. The Balaban J connectivity index is 1.32. The number of nitrogens with one attached hydrogen (secondary N) is 2. The molecule has 2 aromatic carbocycles. The van der Waals surface area contributed by atoms with Gasteiger partial charge in [-0.1, -0.05) is 30.3 Å². The van der Waals surface area contributed by atoms with Gasteiger partial charge < -0.3 is 19.7 Å². The number of amides is 1. The van der Waals surface area contributed by atoms with E-state index in [1.54, 1.807) is 19.7 Å². The largest absolute Gasteiger partial charge is 0.493 e. The number of anilines is 2. The predicted octanol–water partition coefficient (Wildman–Crippen LogP) is 4.16. The first kappa shape index (κ1) is 25.2. The van der Waals surface area contributed by atoms with Crippen molar-refractivity contribution in [1.82, 2.24) is 20.4 Å². The van der Waals surface area contributed by atoms with Crippen LogP contribution in [-0.2, 0) is 0 Å². The van der Waals surface area contributed by atoms with Crippen LogP contribution in [0.5, 0.6) is 11.5 Å². The average Bonchev–Trinajstić information content (AvgIpc) is 2.99. The molecule has 3 heterocycles. The zero-order valence-corrected chi connectivity index (χ0v) is 21.3. The number of hydrogen-bond donors (Lipinski definition) is 3. The van der Waals surface area contributed by atoms with Gasteiger partial charge in [-0.05, 0) is 30.9 Å². The summed E-state index contributed by atoms with van der Waals surface area (Å²) in [4.78, 5) is 27.1. The molecule has 10 heteroatoms. The first-order valence-electron chi connectivity index (χ1n) is 12.5. The van der Waals surface area contributed by atoms with Gasteiger partial charge in [-0.25, -0.2) is 20.4 Å². The fourth-order valence-corrected chi connectivity index (χ4v) is 4.71. The molecular formula is C28H30N6O4. The second-order valence-electron chi connectivity index (χ2n) is 9.17. The third-order valence-electron chi connectivity index (χ3n) is 6.86. The molecule has 0 atom stereocenters. The molecule has 0 unspecified atom stereocenters. The molecule has 1 saturated heterocycles. The monoisotopic (exact) mass is 514 g/mol. The third kappa shape index (κ3) is 5.30. The number of piperidine rings is 1. The Morgan fingerprint density at radius 2 is 1.71 bits per heavy atom. The van der Waals surface area contributed by atoms with Gasteiger partial charge in [0.05, 0.1) is 31.0 Å². The zero-order valence-electron chi connectivity index (χ0n) is 21.3. The molecular weight excluding hydrogens is 484 g/mol. The van der Waals surface area contributed by atoms with Crippen LogP contribution < -0.4 is 25.2 Å². The molecule has 3 N–H and O–H groups in total. The van der Waals surface area contributed by atoms with E-state index >= 15 is 0 Å². The molecule has 0 radical (unpaired) electrons. The Hall–Kier alpha value is -4.44. The summed E-state index contributed by atoms with van der Waals surface area (Å²) in [5, 5.41) is 13.4. The van der Waals surface area contributed by atoms with Gasteiger partial charge in [0.2, 0.25) is 5.95 Å². The van der Waals surface area contributed by atoms with Gasteiger partial charge in [0, 0.05) is 54.7 Å². The molecule has 38 heavy (non-hydrogen) atoms. The van der Waals surface area contributed by atoms with Crippen LogP contribution >= 0.6 is 0 Å². The molecule has 2 aromatic heterocycles. The van der Waals surface area contributed by atoms with E-state index in [9.17, 15) is 4.79 Å². The van der Waals surface area contributed by atoms with E-state index in [-0.39, 0.29) is 5.56 Å². The van der Waals surface area contributed by atoms with E-state index in [0.29, 0.717) is 23.4 Å². The normalized spacial score (nSPS) is 13.8. The standard InChI is InChI=1S/C28H30N6O4/c1-37-25-12-21-23(13-22(19-6-4-3-5-7-19)32-24(21)14-26(25)38-2)29-15-18-8-10-34(11-9-18)28-30-16-20(17-31-28)27(35)33-36/h3-7,12-14,16-18,36H,8-11,15H2,1-2H3,(H,29,32)(H,33,35). The van der Waals surface area contributed by atoms with E-state index < -0.39 is 5.91 Å². The van der Waals surface area contributed by atoms with Gasteiger partial charge in [-0.3, -0.25) is 10.0 Å². The number of nitrogens with zero attached hydrogens (tertiary/aromatic N) is 4. The number of fused-ring (bicyclic) bond motifs is 1. The van der Waals surface area contributed by atoms with Crippen molar-refractivity contribution in [2.45, 2.75) is 12.8 Å². The maximum absolute atomic E-state index is 11.5. The third-order valence-corrected chi connectivity index (χ3v) is 6.86. The van der Waals surface area contributed by atoms with Crippen molar-refractivity contribution in [3.8, 4) is 22.8 Å². The highest BCUT2D eigenvalue weighted by atomic mass is 16.5. The van der Waals surface area contributed by atoms with Crippen molar-refractivity contribution < 1.29 is 19.5 Å². The van der Waals surface area contributed by atoms with Gasteiger partial charge in [-0.2, -0.15) is 0 Å². The second-order valence-corrected chi connectivity index (χ2v) is 9.17. The lowest BCUT2D eigenvalue weighted by molar-refractivity contribution is 0.0705. The molecule has 196 valence electrons. The van der Waals surface area contributed by atoms with Gasteiger partial charge in [0.25, 0.3) is 5.91 Å². The highest BCUT2D eigenvalue weighted by molar-refractivity contribution is 5.96. The molecule has 0 saturated carbocycles. The van der Waals surface area contributed by atoms with E-state index in [0.717, 1.165) is 60.3 Å². The Labute approximate surface area is 220 Å². The highest BCUT2D eigenvalue weighted by Gasteiger charge is 2.22. The lowest BCUT2D eigenvalue weighted by Gasteiger charge is -2.32. The van der Waals surface area contributed by atoms with Gasteiger partial charge >= 0.3 is 0 Å². The number of hydrogen-bond acceptors (Lipinski definition) is 9. The molecule has 0 bridgehead atoms. The highest BCUT2D eigenvalue weighted by Crippen LogP contribution is 2.37. The second kappa shape index (κ2) is 11.3. The number of rotatable bonds is 8. The first-order chi connectivity index (χ1) is 18.6. The quantitative estimate of drug-likeness (QED) is 0.235. The summed E-state index contributed by atoms with van der Waals surface area (Å²) in [7, 11) is 3.26. The lowest BCUT2D eigenvalue weighted by atomic mass is 9.96. The van der Waals surface area contributed by atoms with Crippen LogP contribution in [0.3, 0.4) is 0 Å². The number of hydroxylamine groups is 1. The first-order valence-corrected chi connectivity index (χ1v) is 12.5. The molecule has 0 spiro atoms. The van der Waals surface area contributed by atoms with Gasteiger partial charge in [0.1, 0.15) is 0 Å². The number of ether oxygens (including phenoxy) is 2. The van der Waals surface area contributed by atoms with Crippen LogP contribution in [0, 0.1) is 5.92 Å². The predicted molar refractivity (Wildman–Crippen MR) is 145 cm³/mol. The number of methoxy groups -OCH3 is 2. The molecule has 0 aliphatic carbocycles. The molecule has 5 rings (SSSR count). The minimum atomic E-state index is -0.628. The summed E-state index contributed by atoms with van der Waals surface area (Å²) >= 11 is 0. The van der Waals surface area contributed by atoms with Crippen molar-refractivity contribution in [3.05, 3.63) is 66.5 Å². The van der Waals surface area contributed by atoms with Gasteiger partial charge in [0.15, 0.2) is 11.5 Å². The van der Waals surface area contributed by atoms with Crippen LogP contribution in [0.15, 0.2) is 60.9 Å². The number of aromatic nitrogens is 3. The average molecular weight is 515 g/mol. The fraction of sp³-hybridized carbons (Fsp3) is 0.286. The van der Waals surface area contributed by atoms with Crippen LogP contribution in [0.25, 0.3) is 22.2 Å². The molecule has 1 fully saturated rings. The zero-order chi connectivity index (χ0) is 26.5. The van der Waals surface area contributed by atoms with E-state index in [4.69, 9.17) is 19.7 Å². The molecule has 1 aliphatic heterocycles. The van der Waals surface area contributed by atoms with Crippen molar-refractivity contribution in [1.29, 1.82) is 0 Å². The summed E-state index contributed by atoms with van der Waals surface area (Å²) in [6, 6.07) is 16.1. The summed E-state index contributed by atoms with van der Waals surface area (Å²) in [6.45, 7) is 2.44. The van der Waals surface area contributed by atoms with Crippen molar-refractivity contribution in [2.24, 2.45) is 5.92 Å². The number of benzene rings is 2. The Morgan fingerprint density at radius 3 is 2.37 bits per heavy atom. The van der Waals surface area contributed by atoms with Crippen molar-refractivity contribution in [3.63, 3.8) is 0 Å². The lowest BCUT2D eigenvalue weighted by Crippen LogP contribution is -2.37. The molecule has 1 amide bonds. The molecule has 1 aliphatic rings. The van der Waals surface area contributed by atoms with Crippen molar-refractivity contribution in [2.75, 3.05) is 44.1 Å². The molecule has 10 nitrogen and oxygen atoms in total. The van der Waals surface area contributed by atoms with E-state index in [1.165, 1.54) is 12.4 Å². The SMILES string of the molecule is COc1cc2nc(-c3ccccc3)cc(NCC3CCN(c4ncc(C(=O)NO)cn4)CC3)c2cc1OC. The maximum atomic E-state index is 11.5. The topological polar surface area (TPSA) is 122 Å². The summed E-state index contributed by atoms with van der Waals surface area (Å²) in [5.41, 5.74) is 5.57. The Morgan fingerprint density at radius 1 is 1.03 bits per heavy atom. The number of carbonyl (C=O) groups is 1. The minimum absolute atomic E-state index is 0.212. The summed E-state index contributed by atoms with van der Waals surface area (Å²) in [6.07, 6.45) is 4.79. The number of carbonyl (C=O) groups excluding carboxylic acids is 1. The maximum Gasteiger partial charge on any atom is 0.277 e. The van der Waals surface area contributed by atoms with E-state index in [2.05, 4.69) is 38.4 Å². The van der Waals surface area contributed by atoms with Crippen LogP contribution in [0.4, 0.5) is 11.6 Å². The minimum Gasteiger partial charge on any atom is -0.493 e. The van der Waals surface area contributed by atoms with Crippen LogP contribution in [-0.4, -0.2) is 59.9 Å². The molecule has 4 aromatic rings. The van der Waals surface area contributed by atoms with Crippen molar-refractivity contribution >= 4 is 28.4 Å². The van der Waals surface area contributed by atoms with Gasteiger partial charge in [-0.15, -0.1) is 0 Å². The number of pyridine rings is 1. The van der Waals surface area contributed by atoms with Crippen LogP contribution in [0.1, 0.15) is 23.2 Å². The van der Waals surface area contributed by atoms with E-state index in [1.807, 2.05) is 30.3 Å². The summed E-state index contributed by atoms with van der Waals surface area (Å²) < 4.78 is 11.1.